The van der Waals surface area contributed by atoms with Gasteiger partial charge in [-0.3, -0.25) is 14.4 Å². The zero-order valence-electron chi connectivity index (χ0n) is 11.7. The molecule has 0 amide bonds. The van der Waals surface area contributed by atoms with Gasteiger partial charge in [-0.15, -0.1) is 4.40 Å². The van der Waals surface area contributed by atoms with E-state index in [1.807, 2.05) is 30.3 Å². The van der Waals surface area contributed by atoms with Crippen molar-refractivity contribution in [3.05, 3.63) is 70.3 Å². The van der Waals surface area contributed by atoms with Gasteiger partial charge in [0.2, 0.25) is 5.17 Å². The fraction of sp³-hybridized carbons (Fsp3) is 0.0714. The molecule has 1 saturated heterocycles. The molecule has 0 atom stereocenters. The molecule has 1 fully saturated rings. The van der Waals surface area contributed by atoms with Gasteiger partial charge < -0.3 is 0 Å². The SMILES string of the molecule is O=[N+]([O-])c1cccc(S(=O)(=O)/N=C2/SN2Cc2ccccc2)c1. The second kappa shape index (κ2) is 6.01. The maximum Gasteiger partial charge on any atom is 0.285 e. The second-order valence-corrected chi connectivity index (χ2v) is 7.31. The molecule has 0 saturated carbocycles. The van der Waals surface area contributed by atoms with Crippen LogP contribution in [0.1, 0.15) is 5.56 Å². The molecule has 7 nitrogen and oxygen atoms in total. The molecule has 0 radical (unpaired) electrons. The number of rotatable bonds is 5. The zero-order valence-corrected chi connectivity index (χ0v) is 13.3. The normalized spacial score (nSPS) is 15.7. The minimum atomic E-state index is -3.96. The summed E-state index contributed by atoms with van der Waals surface area (Å²) in [6.45, 7) is 0.550. The Balaban J connectivity index is 1.77. The van der Waals surface area contributed by atoms with Crippen LogP contribution in [0.2, 0.25) is 0 Å². The monoisotopic (exact) mass is 349 g/mol. The van der Waals surface area contributed by atoms with Gasteiger partial charge in [0.05, 0.1) is 16.4 Å². The molecule has 1 aliphatic heterocycles. The predicted octanol–water partition coefficient (Wildman–Crippen LogP) is 2.80. The van der Waals surface area contributed by atoms with E-state index in [9.17, 15) is 18.5 Å². The highest BCUT2D eigenvalue weighted by Gasteiger charge is 2.33. The lowest BCUT2D eigenvalue weighted by Crippen LogP contribution is -2.02. The fourth-order valence-electron chi connectivity index (χ4n) is 1.90. The van der Waals surface area contributed by atoms with E-state index in [1.54, 1.807) is 4.31 Å². The summed E-state index contributed by atoms with van der Waals surface area (Å²) in [6, 6.07) is 14.4. The molecule has 23 heavy (non-hydrogen) atoms. The summed E-state index contributed by atoms with van der Waals surface area (Å²) in [5.41, 5.74) is 0.758. The maximum atomic E-state index is 12.2. The van der Waals surface area contributed by atoms with E-state index in [-0.39, 0.29) is 10.6 Å². The average molecular weight is 349 g/mol. The third-order valence-electron chi connectivity index (χ3n) is 3.07. The minimum Gasteiger partial charge on any atom is -0.282 e. The number of nitrogens with zero attached hydrogens (tertiary/aromatic N) is 3. The van der Waals surface area contributed by atoms with Crippen molar-refractivity contribution in [3.8, 4) is 0 Å². The van der Waals surface area contributed by atoms with Crippen molar-refractivity contribution in [1.82, 2.24) is 4.31 Å². The number of benzene rings is 2. The van der Waals surface area contributed by atoms with Crippen LogP contribution in [0.4, 0.5) is 5.69 Å². The quantitative estimate of drug-likeness (QED) is 0.357. The first-order valence-corrected chi connectivity index (χ1v) is 8.76. The Kier molecular flexibility index (Phi) is 4.05. The Morgan fingerprint density at radius 2 is 1.87 bits per heavy atom. The summed E-state index contributed by atoms with van der Waals surface area (Å²) in [6.07, 6.45) is 0. The highest BCUT2D eigenvalue weighted by atomic mass is 32.2. The van der Waals surface area contributed by atoms with Gasteiger partial charge in [-0.05, 0) is 11.6 Å². The number of hydrogen-bond acceptors (Lipinski definition) is 5. The van der Waals surface area contributed by atoms with Gasteiger partial charge in [-0.1, -0.05) is 36.4 Å². The fourth-order valence-corrected chi connectivity index (χ4v) is 3.79. The van der Waals surface area contributed by atoms with Gasteiger partial charge in [0.25, 0.3) is 15.7 Å². The molecule has 9 heteroatoms. The molecular weight excluding hydrogens is 338 g/mol. The van der Waals surface area contributed by atoms with Gasteiger partial charge in [-0.25, -0.2) is 0 Å². The summed E-state index contributed by atoms with van der Waals surface area (Å²) < 4.78 is 29.9. The third kappa shape index (κ3) is 3.69. The molecule has 118 valence electrons. The first-order chi connectivity index (χ1) is 11.0. The molecule has 0 N–H and O–H groups in total. The van der Waals surface area contributed by atoms with Crippen molar-refractivity contribution in [2.75, 3.05) is 0 Å². The Hall–Kier alpha value is -2.39. The zero-order chi connectivity index (χ0) is 16.4. The lowest BCUT2D eigenvalue weighted by Gasteiger charge is -2.00. The smallest absolute Gasteiger partial charge is 0.282 e. The van der Waals surface area contributed by atoms with Crippen LogP contribution in [0.25, 0.3) is 0 Å². The molecule has 2 aromatic rings. The van der Waals surface area contributed by atoms with Crippen LogP contribution in [-0.2, 0) is 16.6 Å². The Labute approximate surface area is 137 Å². The van der Waals surface area contributed by atoms with Crippen LogP contribution in [0, 0.1) is 10.1 Å². The van der Waals surface area contributed by atoms with E-state index in [2.05, 4.69) is 4.40 Å². The van der Waals surface area contributed by atoms with Crippen LogP contribution >= 0.6 is 11.9 Å². The van der Waals surface area contributed by atoms with Crippen molar-refractivity contribution < 1.29 is 13.3 Å². The maximum absolute atomic E-state index is 12.2. The molecule has 0 bridgehead atoms. The van der Waals surface area contributed by atoms with E-state index in [1.165, 1.54) is 30.1 Å². The van der Waals surface area contributed by atoms with E-state index in [0.29, 0.717) is 11.7 Å². The highest BCUT2D eigenvalue weighted by Crippen LogP contribution is 2.36. The topological polar surface area (TPSA) is 92.7 Å². The van der Waals surface area contributed by atoms with Crippen LogP contribution < -0.4 is 0 Å². The highest BCUT2D eigenvalue weighted by molar-refractivity contribution is 8.22. The minimum absolute atomic E-state index is 0.189. The Bertz CT molecular complexity index is 882. The van der Waals surface area contributed by atoms with E-state index < -0.39 is 14.9 Å². The number of amidine groups is 1. The number of nitro benzene ring substituents is 1. The van der Waals surface area contributed by atoms with Crippen molar-refractivity contribution in [2.45, 2.75) is 11.4 Å². The number of hydrogen-bond donors (Lipinski definition) is 0. The standard InChI is InChI=1S/C14H11N3O4S2/c18-17(19)12-7-4-8-13(9-12)23(20,21)15-14-16(22-14)10-11-5-2-1-3-6-11/h1-9H,10H2/b15-14+. The number of nitro groups is 1. The van der Waals surface area contributed by atoms with Crippen molar-refractivity contribution >= 4 is 32.8 Å². The predicted molar refractivity (Wildman–Crippen MR) is 87.3 cm³/mol. The molecule has 0 aromatic heterocycles. The summed E-state index contributed by atoms with van der Waals surface area (Å²) in [5, 5.41) is 11.1. The molecule has 3 rings (SSSR count). The Morgan fingerprint density at radius 1 is 1.13 bits per heavy atom. The summed E-state index contributed by atoms with van der Waals surface area (Å²) in [5.74, 6) is 0. The Morgan fingerprint density at radius 3 is 2.57 bits per heavy atom. The van der Waals surface area contributed by atoms with Crippen LogP contribution in [0.5, 0.6) is 0 Å². The van der Waals surface area contributed by atoms with Gasteiger partial charge >= 0.3 is 0 Å². The molecule has 1 aliphatic rings. The molecular formula is C14H11N3O4S2. The number of non-ortho nitro benzene ring substituents is 1. The van der Waals surface area contributed by atoms with E-state index in [0.717, 1.165) is 11.6 Å². The second-order valence-electron chi connectivity index (χ2n) is 4.72. The lowest BCUT2D eigenvalue weighted by atomic mass is 10.2. The molecule has 1 heterocycles. The van der Waals surface area contributed by atoms with Gasteiger partial charge in [0.15, 0.2) is 0 Å². The largest absolute Gasteiger partial charge is 0.285 e. The van der Waals surface area contributed by atoms with Gasteiger partial charge in [0, 0.05) is 24.1 Å². The first-order valence-electron chi connectivity index (χ1n) is 6.54. The van der Waals surface area contributed by atoms with Crippen molar-refractivity contribution in [3.63, 3.8) is 0 Å². The summed E-state index contributed by atoms with van der Waals surface area (Å²) in [7, 11) is -3.96. The van der Waals surface area contributed by atoms with Crippen molar-refractivity contribution in [1.29, 1.82) is 0 Å². The van der Waals surface area contributed by atoms with E-state index in [4.69, 9.17) is 0 Å². The number of sulfonamides is 1. The summed E-state index contributed by atoms with van der Waals surface area (Å²) in [4.78, 5) is 9.90. The molecule has 0 aliphatic carbocycles. The average Bonchev–Trinajstić information content (AvgIpc) is 3.25. The van der Waals surface area contributed by atoms with E-state index >= 15 is 0 Å². The summed E-state index contributed by atoms with van der Waals surface area (Å²) >= 11 is 1.23. The van der Waals surface area contributed by atoms with Crippen LogP contribution in [0.3, 0.4) is 0 Å². The third-order valence-corrected chi connectivity index (χ3v) is 5.27. The first kappa shape index (κ1) is 15.5. The lowest BCUT2D eigenvalue weighted by molar-refractivity contribution is -0.385. The van der Waals surface area contributed by atoms with Crippen molar-refractivity contribution in [2.24, 2.45) is 4.40 Å². The molecule has 0 unspecified atom stereocenters. The van der Waals surface area contributed by atoms with Gasteiger partial charge in [-0.2, -0.15) is 8.42 Å². The molecule has 0 spiro atoms. The van der Waals surface area contributed by atoms with Crippen LogP contribution in [-0.4, -0.2) is 22.8 Å². The van der Waals surface area contributed by atoms with Gasteiger partial charge in [0.1, 0.15) is 0 Å². The van der Waals surface area contributed by atoms with Crippen LogP contribution in [0.15, 0.2) is 63.9 Å². The molecule has 2 aromatic carbocycles.